The molecule has 0 unspecified atom stereocenters. The molecule has 1 aromatic rings. The Morgan fingerprint density at radius 1 is 1.44 bits per heavy atom. The third kappa shape index (κ3) is 4.61. The zero-order valence-electron chi connectivity index (χ0n) is 10.6. The van der Waals surface area contributed by atoms with Gasteiger partial charge in [0, 0.05) is 12.7 Å². The first-order valence-corrected chi connectivity index (χ1v) is 6.19. The van der Waals surface area contributed by atoms with Crippen molar-refractivity contribution in [1.29, 1.82) is 0 Å². The summed E-state index contributed by atoms with van der Waals surface area (Å²) in [5.41, 5.74) is -0.268. The van der Waals surface area contributed by atoms with Crippen LogP contribution in [0.25, 0.3) is 0 Å². The van der Waals surface area contributed by atoms with Gasteiger partial charge in [0.25, 0.3) is 5.56 Å². The zero-order chi connectivity index (χ0) is 13.4. The van der Waals surface area contributed by atoms with Gasteiger partial charge < -0.3 is 14.4 Å². The van der Waals surface area contributed by atoms with Crippen molar-refractivity contribution < 1.29 is 14.6 Å². The Morgan fingerprint density at radius 2 is 2.22 bits per heavy atom. The van der Waals surface area contributed by atoms with Crippen molar-refractivity contribution in [3.8, 4) is 5.75 Å². The van der Waals surface area contributed by atoms with Gasteiger partial charge in [0.15, 0.2) is 5.75 Å². The van der Waals surface area contributed by atoms with Crippen LogP contribution in [-0.4, -0.2) is 22.2 Å². The normalized spacial score (nSPS) is 10.3. The summed E-state index contributed by atoms with van der Waals surface area (Å²) in [5.74, 6) is -0.629. The lowest BCUT2D eigenvalue weighted by Gasteiger charge is -2.08. The van der Waals surface area contributed by atoms with Gasteiger partial charge in [-0.1, -0.05) is 19.8 Å². The van der Waals surface area contributed by atoms with Crippen LogP contribution in [0.1, 0.15) is 32.6 Å². The Bertz CT molecular complexity index is 439. The molecule has 0 aliphatic heterocycles. The number of ether oxygens (including phenoxy) is 1. The molecule has 0 fully saturated rings. The van der Waals surface area contributed by atoms with Crippen molar-refractivity contribution in [3.05, 3.63) is 28.7 Å². The van der Waals surface area contributed by atoms with E-state index in [0.717, 1.165) is 19.3 Å². The molecule has 0 spiro atoms. The summed E-state index contributed by atoms with van der Waals surface area (Å²) in [7, 11) is 0. The van der Waals surface area contributed by atoms with Crippen molar-refractivity contribution in [2.75, 3.05) is 6.61 Å². The minimum atomic E-state index is -0.920. The van der Waals surface area contributed by atoms with Crippen LogP contribution < -0.4 is 10.3 Å². The highest BCUT2D eigenvalue weighted by molar-refractivity contribution is 5.66. The quantitative estimate of drug-likeness (QED) is 0.718. The molecule has 1 heterocycles. The third-order valence-corrected chi connectivity index (χ3v) is 2.56. The Labute approximate surface area is 106 Å². The van der Waals surface area contributed by atoms with Crippen molar-refractivity contribution >= 4 is 5.97 Å². The third-order valence-electron chi connectivity index (χ3n) is 2.56. The number of pyridine rings is 1. The average Bonchev–Trinajstić information content (AvgIpc) is 2.35. The lowest BCUT2D eigenvalue weighted by molar-refractivity contribution is -0.137. The molecule has 1 rings (SSSR count). The summed E-state index contributed by atoms with van der Waals surface area (Å²) in [5, 5.41) is 8.59. The lowest BCUT2D eigenvalue weighted by atomic mass is 10.3. The van der Waals surface area contributed by atoms with Crippen LogP contribution in [0.3, 0.4) is 0 Å². The number of aliphatic carboxylic acids is 1. The summed E-state index contributed by atoms with van der Waals surface area (Å²) in [6.07, 6.45) is 4.59. The number of carboxylic acids is 1. The van der Waals surface area contributed by atoms with E-state index in [4.69, 9.17) is 9.84 Å². The van der Waals surface area contributed by atoms with Crippen LogP contribution in [0.5, 0.6) is 5.75 Å². The maximum Gasteiger partial charge on any atom is 0.305 e. The van der Waals surface area contributed by atoms with Crippen LogP contribution in [0.2, 0.25) is 0 Å². The number of nitrogens with zero attached hydrogens (tertiary/aromatic N) is 1. The molecule has 0 aromatic carbocycles. The number of carbonyl (C=O) groups is 1. The van der Waals surface area contributed by atoms with E-state index in [0.29, 0.717) is 12.4 Å². The van der Waals surface area contributed by atoms with E-state index in [1.807, 2.05) is 0 Å². The number of carboxylic acid groups (broad SMARTS) is 1. The van der Waals surface area contributed by atoms with Gasteiger partial charge >= 0.3 is 5.97 Å². The predicted molar refractivity (Wildman–Crippen MR) is 68.0 cm³/mol. The first-order chi connectivity index (χ1) is 8.65. The number of rotatable bonds is 8. The molecule has 0 aliphatic rings. The van der Waals surface area contributed by atoms with E-state index >= 15 is 0 Å². The zero-order valence-corrected chi connectivity index (χ0v) is 10.6. The first kappa shape index (κ1) is 14.3. The number of hydrogen-bond donors (Lipinski definition) is 1. The summed E-state index contributed by atoms with van der Waals surface area (Å²) >= 11 is 0. The molecule has 100 valence electrons. The van der Waals surface area contributed by atoms with Gasteiger partial charge in [-0.05, 0) is 18.6 Å². The fourth-order valence-corrected chi connectivity index (χ4v) is 1.55. The maximum atomic E-state index is 11.9. The van der Waals surface area contributed by atoms with Crippen molar-refractivity contribution in [1.82, 2.24) is 4.57 Å². The van der Waals surface area contributed by atoms with E-state index in [9.17, 15) is 9.59 Å². The fraction of sp³-hybridized carbons (Fsp3) is 0.538. The minimum Gasteiger partial charge on any atom is -0.488 e. The second-order valence-electron chi connectivity index (χ2n) is 4.07. The molecule has 0 bridgehead atoms. The largest absolute Gasteiger partial charge is 0.488 e. The SMILES string of the molecule is CCCCCOc1cccn(CCC(=O)O)c1=O. The van der Waals surface area contributed by atoms with Gasteiger partial charge in [-0.3, -0.25) is 9.59 Å². The first-order valence-electron chi connectivity index (χ1n) is 6.19. The predicted octanol–water partition coefficient (Wildman–Crippen LogP) is 1.89. The van der Waals surface area contributed by atoms with E-state index in [1.54, 1.807) is 18.3 Å². The highest BCUT2D eigenvalue weighted by Crippen LogP contribution is 2.04. The number of aromatic nitrogens is 1. The number of unbranched alkanes of at least 4 members (excludes halogenated alkanes) is 2. The second-order valence-corrected chi connectivity index (χ2v) is 4.07. The van der Waals surface area contributed by atoms with Crippen LogP contribution in [0.15, 0.2) is 23.1 Å². The molecule has 0 radical (unpaired) electrons. The van der Waals surface area contributed by atoms with Crippen LogP contribution >= 0.6 is 0 Å². The van der Waals surface area contributed by atoms with Crippen molar-refractivity contribution in [2.45, 2.75) is 39.2 Å². The van der Waals surface area contributed by atoms with Crippen molar-refractivity contribution in [2.24, 2.45) is 0 Å². The van der Waals surface area contributed by atoms with E-state index in [2.05, 4.69) is 6.92 Å². The highest BCUT2D eigenvalue weighted by atomic mass is 16.5. The molecule has 5 heteroatoms. The minimum absolute atomic E-state index is 0.0702. The second kappa shape index (κ2) is 7.53. The molecular formula is C13H19NO4. The summed E-state index contributed by atoms with van der Waals surface area (Å²) < 4.78 is 6.77. The van der Waals surface area contributed by atoms with Gasteiger partial charge in [-0.25, -0.2) is 0 Å². The number of aryl methyl sites for hydroxylation is 1. The van der Waals surface area contributed by atoms with E-state index < -0.39 is 5.97 Å². The molecule has 0 atom stereocenters. The molecule has 0 saturated heterocycles. The lowest BCUT2D eigenvalue weighted by Crippen LogP contribution is -2.22. The molecule has 0 saturated carbocycles. The molecule has 0 aliphatic carbocycles. The van der Waals surface area contributed by atoms with Crippen molar-refractivity contribution in [3.63, 3.8) is 0 Å². The maximum absolute atomic E-state index is 11.9. The summed E-state index contributed by atoms with van der Waals surface area (Å²) in [4.78, 5) is 22.4. The Hall–Kier alpha value is -1.78. The Morgan fingerprint density at radius 3 is 2.89 bits per heavy atom. The van der Waals surface area contributed by atoms with E-state index in [1.165, 1.54) is 4.57 Å². The molecule has 0 amide bonds. The fourth-order valence-electron chi connectivity index (χ4n) is 1.55. The van der Waals surface area contributed by atoms with Crippen LogP contribution in [0, 0.1) is 0 Å². The molecule has 1 aromatic heterocycles. The topological polar surface area (TPSA) is 68.5 Å². The summed E-state index contributed by atoms with van der Waals surface area (Å²) in [6.45, 7) is 2.79. The molecule has 18 heavy (non-hydrogen) atoms. The Kier molecular flexibility index (Phi) is 5.97. The molecular weight excluding hydrogens is 234 g/mol. The van der Waals surface area contributed by atoms with Crippen LogP contribution in [0.4, 0.5) is 0 Å². The summed E-state index contributed by atoms with van der Waals surface area (Å²) in [6, 6.07) is 3.31. The van der Waals surface area contributed by atoms with E-state index in [-0.39, 0.29) is 18.5 Å². The standard InChI is InChI=1S/C13H19NO4/c1-2-3-4-10-18-11-6-5-8-14(13(11)17)9-7-12(15)16/h5-6,8H,2-4,7,9-10H2,1H3,(H,15,16). The van der Waals surface area contributed by atoms with Gasteiger partial charge in [0.05, 0.1) is 13.0 Å². The van der Waals surface area contributed by atoms with Gasteiger partial charge in [-0.15, -0.1) is 0 Å². The Balaban J connectivity index is 2.61. The van der Waals surface area contributed by atoms with Gasteiger partial charge in [0.2, 0.25) is 0 Å². The van der Waals surface area contributed by atoms with Gasteiger partial charge in [0.1, 0.15) is 0 Å². The molecule has 1 N–H and O–H groups in total. The van der Waals surface area contributed by atoms with Gasteiger partial charge in [-0.2, -0.15) is 0 Å². The number of hydrogen-bond acceptors (Lipinski definition) is 3. The van der Waals surface area contributed by atoms with Crippen LogP contribution in [-0.2, 0) is 11.3 Å². The average molecular weight is 253 g/mol. The highest BCUT2D eigenvalue weighted by Gasteiger charge is 2.05. The smallest absolute Gasteiger partial charge is 0.305 e. The monoisotopic (exact) mass is 253 g/mol. The molecule has 5 nitrogen and oxygen atoms in total.